The average Bonchev–Trinajstić information content (AvgIpc) is 2.76. The van der Waals surface area contributed by atoms with Gasteiger partial charge in [-0.3, -0.25) is 4.68 Å². The molecule has 1 N–H and O–H groups in total. The number of nitrogens with zero attached hydrogens (tertiary/aromatic N) is 3. The van der Waals surface area contributed by atoms with Gasteiger partial charge in [0.2, 0.25) is 5.88 Å². The summed E-state index contributed by atoms with van der Waals surface area (Å²) >= 11 is 0. The number of rotatable bonds is 6. The van der Waals surface area contributed by atoms with Crippen molar-refractivity contribution in [1.82, 2.24) is 20.1 Å². The van der Waals surface area contributed by atoms with Crippen molar-refractivity contribution in [1.29, 1.82) is 0 Å². The molecule has 0 saturated carbocycles. The van der Waals surface area contributed by atoms with E-state index in [4.69, 9.17) is 4.74 Å². The molecule has 2 rings (SSSR count). The molecule has 2 heterocycles. The minimum atomic E-state index is 0.122. The molecular formula is C16H24N4O. The normalized spacial score (nSPS) is 12.7. The van der Waals surface area contributed by atoms with Gasteiger partial charge in [-0.15, -0.1) is 0 Å². The van der Waals surface area contributed by atoms with Crippen molar-refractivity contribution in [3.63, 3.8) is 0 Å². The summed E-state index contributed by atoms with van der Waals surface area (Å²) in [5.74, 6) is 0.704. The number of nitrogens with one attached hydrogen (secondary N) is 1. The molecular weight excluding hydrogens is 264 g/mol. The van der Waals surface area contributed by atoms with Gasteiger partial charge in [0, 0.05) is 43.2 Å². The molecule has 114 valence electrons. The van der Waals surface area contributed by atoms with Crippen LogP contribution < -0.4 is 10.1 Å². The molecule has 5 heteroatoms. The molecule has 0 spiro atoms. The van der Waals surface area contributed by atoms with Crippen LogP contribution in [0.1, 0.15) is 43.6 Å². The first-order chi connectivity index (χ1) is 9.97. The molecule has 1 unspecified atom stereocenters. The Bertz CT molecular complexity index is 592. The smallest absolute Gasteiger partial charge is 0.218 e. The monoisotopic (exact) mass is 288 g/mol. The lowest BCUT2D eigenvalue weighted by Gasteiger charge is -2.16. The Balaban J connectivity index is 2.04. The first-order valence-electron chi connectivity index (χ1n) is 7.31. The minimum absolute atomic E-state index is 0.122. The highest BCUT2D eigenvalue weighted by atomic mass is 16.5. The van der Waals surface area contributed by atoms with Gasteiger partial charge in [-0.25, -0.2) is 4.98 Å². The fraction of sp³-hybridized carbons (Fsp3) is 0.500. The van der Waals surface area contributed by atoms with Crippen molar-refractivity contribution in [2.24, 2.45) is 7.05 Å². The zero-order chi connectivity index (χ0) is 15.4. The number of aromatic nitrogens is 3. The molecule has 5 nitrogen and oxygen atoms in total. The van der Waals surface area contributed by atoms with Crippen LogP contribution in [0.3, 0.4) is 0 Å². The third-order valence-corrected chi connectivity index (χ3v) is 3.31. The van der Waals surface area contributed by atoms with Crippen molar-refractivity contribution in [3.8, 4) is 5.88 Å². The molecule has 0 amide bonds. The lowest BCUT2D eigenvalue weighted by atomic mass is 10.1. The van der Waals surface area contributed by atoms with Crippen LogP contribution in [0.5, 0.6) is 5.88 Å². The van der Waals surface area contributed by atoms with Crippen LogP contribution in [0.25, 0.3) is 0 Å². The first kappa shape index (κ1) is 15.5. The second kappa shape index (κ2) is 6.72. The quantitative estimate of drug-likeness (QED) is 0.888. The van der Waals surface area contributed by atoms with E-state index in [9.17, 15) is 0 Å². The molecule has 0 aliphatic carbocycles. The fourth-order valence-corrected chi connectivity index (χ4v) is 2.30. The number of aryl methyl sites for hydroxylation is 2. The Hall–Kier alpha value is -1.88. The molecule has 2 aromatic rings. The zero-order valence-electron chi connectivity index (χ0n) is 13.4. The summed E-state index contributed by atoms with van der Waals surface area (Å²) in [6.45, 7) is 8.90. The number of ether oxygens (including phenoxy) is 1. The van der Waals surface area contributed by atoms with E-state index in [2.05, 4.69) is 28.5 Å². The SMILES string of the molecule is Cc1nn(C)cc1C(C)NCc1cccnc1OC(C)C. The Morgan fingerprint density at radius 2 is 2.10 bits per heavy atom. The van der Waals surface area contributed by atoms with E-state index in [1.54, 1.807) is 6.20 Å². The summed E-state index contributed by atoms with van der Waals surface area (Å²) in [6, 6.07) is 4.20. The predicted octanol–water partition coefficient (Wildman–Crippen LogP) is 2.76. The average molecular weight is 288 g/mol. The van der Waals surface area contributed by atoms with Gasteiger partial charge in [0.1, 0.15) is 0 Å². The van der Waals surface area contributed by atoms with Gasteiger partial charge in [-0.1, -0.05) is 6.07 Å². The number of hydrogen-bond acceptors (Lipinski definition) is 4. The summed E-state index contributed by atoms with van der Waals surface area (Å²) in [6.07, 6.45) is 3.94. The minimum Gasteiger partial charge on any atom is -0.475 e. The van der Waals surface area contributed by atoms with Crippen LogP contribution in [0.15, 0.2) is 24.5 Å². The molecule has 0 saturated heterocycles. The van der Waals surface area contributed by atoms with Crippen LogP contribution in [0, 0.1) is 6.92 Å². The van der Waals surface area contributed by atoms with Gasteiger partial charge in [0.25, 0.3) is 0 Å². The maximum absolute atomic E-state index is 5.74. The van der Waals surface area contributed by atoms with Crippen molar-refractivity contribution >= 4 is 0 Å². The molecule has 0 fully saturated rings. The highest BCUT2D eigenvalue weighted by Gasteiger charge is 2.13. The van der Waals surface area contributed by atoms with Crippen LogP contribution in [-0.2, 0) is 13.6 Å². The fourth-order valence-electron chi connectivity index (χ4n) is 2.30. The van der Waals surface area contributed by atoms with Gasteiger partial charge in [-0.05, 0) is 33.8 Å². The van der Waals surface area contributed by atoms with Gasteiger partial charge in [0.05, 0.1) is 11.8 Å². The molecule has 0 aliphatic rings. The third kappa shape index (κ3) is 4.04. The van der Waals surface area contributed by atoms with E-state index in [0.717, 1.165) is 11.3 Å². The molecule has 0 radical (unpaired) electrons. The highest BCUT2D eigenvalue weighted by Crippen LogP contribution is 2.19. The number of pyridine rings is 1. The van der Waals surface area contributed by atoms with Gasteiger partial charge >= 0.3 is 0 Å². The van der Waals surface area contributed by atoms with Gasteiger partial charge in [-0.2, -0.15) is 5.10 Å². The standard InChI is InChI=1S/C16H24N4O/c1-11(2)21-16-14(7-6-8-17-16)9-18-12(3)15-10-20(5)19-13(15)4/h6-8,10-12,18H,9H2,1-5H3. The number of hydrogen-bond donors (Lipinski definition) is 1. The van der Waals surface area contributed by atoms with Crippen molar-refractivity contribution in [2.75, 3.05) is 0 Å². The van der Waals surface area contributed by atoms with E-state index in [-0.39, 0.29) is 12.1 Å². The zero-order valence-corrected chi connectivity index (χ0v) is 13.4. The van der Waals surface area contributed by atoms with Crippen LogP contribution in [0.4, 0.5) is 0 Å². The third-order valence-electron chi connectivity index (χ3n) is 3.31. The Morgan fingerprint density at radius 1 is 1.33 bits per heavy atom. The lowest BCUT2D eigenvalue weighted by Crippen LogP contribution is -2.20. The van der Waals surface area contributed by atoms with E-state index in [1.165, 1.54) is 5.56 Å². The molecule has 2 aromatic heterocycles. The maximum Gasteiger partial charge on any atom is 0.218 e. The van der Waals surface area contributed by atoms with E-state index in [0.29, 0.717) is 12.4 Å². The summed E-state index contributed by atoms with van der Waals surface area (Å²) in [4.78, 5) is 4.31. The Labute approximate surface area is 126 Å². The second-order valence-corrected chi connectivity index (χ2v) is 5.58. The van der Waals surface area contributed by atoms with E-state index >= 15 is 0 Å². The molecule has 0 aliphatic heterocycles. The summed E-state index contributed by atoms with van der Waals surface area (Å²) in [5.41, 5.74) is 3.34. The Morgan fingerprint density at radius 3 is 2.71 bits per heavy atom. The van der Waals surface area contributed by atoms with Crippen molar-refractivity contribution < 1.29 is 4.74 Å². The molecule has 0 aromatic carbocycles. The van der Waals surface area contributed by atoms with E-state index < -0.39 is 0 Å². The summed E-state index contributed by atoms with van der Waals surface area (Å²) in [7, 11) is 1.94. The predicted molar refractivity (Wildman–Crippen MR) is 83.2 cm³/mol. The van der Waals surface area contributed by atoms with Crippen LogP contribution in [-0.4, -0.2) is 20.9 Å². The van der Waals surface area contributed by atoms with Gasteiger partial charge in [0.15, 0.2) is 0 Å². The second-order valence-electron chi connectivity index (χ2n) is 5.58. The Kier molecular flexibility index (Phi) is 4.96. The lowest BCUT2D eigenvalue weighted by molar-refractivity contribution is 0.229. The molecule has 1 atom stereocenters. The van der Waals surface area contributed by atoms with Crippen molar-refractivity contribution in [3.05, 3.63) is 41.3 Å². The summed E-state index contributed by atoms with van der Waals surface area (Å²) in [5, 5.41) is 7.89. The summed E-state index contributed by atoms with van der Waals surface area (Å²) < 4.78 is 7.59. The highest BCUT2D eigenvalue weighted by molar-refractivity contribution is 5.26. The largest absolute Gasteiger partial charge is 0.475 e. The maximum atomic E-state index is 5.74. The molecule has 0 bridgehead atoms. The van der Waals surface area contributed by atoms with Gasteiger partial charge < -0.3 is 10.1 Å². The van der Waals surface area contributed by atoms with E-state index in [1.807, 2.05) is 44.6 Å². The van der Waals surface area contributed by atoms with Crippen LogP contribution >= 0.6 is 0 Å². The topological polar surface area (TPSA) is 52.0 Å². The molecule has 21 heavy (non-hydrogen) atoms. The first-order valence-corrected chi connectivity index (χ1v) is 7.31. The van der Waals surface area contributed by atoms with Crippen molar-refractivity contribution in [2.45, 2.75) is 46.4 Å². The van der Waals surface area contributed by atoms with Crippen LogP contribution in [0.2, 0.25) is 0 Å².